The van der Waals surface area contributed by atoms with Crippen LogP contribution >= 0.6 is 0 Å². The Hall–Kier alpha value is -3.55. The molecule has 2 aromatic heterocycles. The van der Waals surface area contributed by atoms with Crippen molar-refractivity contribution in [3.05, 3.63) is 54.1 Å². The van der Waals surface area contributed by atoms with Gasteiger partial charge in [0.25, 0.3) is 11.8 Å². The minimum Gasteiger partial charge on any atom is -0.486 e. The van der Waals surface area contributed by atoms with E-state index in [0.29, 0.717) is 48.4 Å². The van der Waals surface area contributed by atoms with Crippen LogP contribution in [0.3, 0.4) is 0 Å². The minimum absolute atomic E-state index is 0.130. The largest absolute Gasteiger partial charge is 0.486 e. The average Bonchev–Trinajstić information content (AvgIpc) is 3.12. The molecule has 0 saturated carbocycles. The molecule has 0 fully saturated rings. The van der Waals surface area contributed by atoms with Crippen LogP contribution in [0.1, 0.15) is 35.0 Å². The van der Waals surface area contributed by atoms with Crippen molar-refractivity contribution in [3.8, 4) is 11.5 Å². The number of nitrogens with zero attached hydrogens (tertiary/aromatic N) is 2. The molecule has 3 aromatic rings. The molecule has 0 bridgehead atoms. The number of hydrogen-bond donors (Lipinski definition) is 2. The first-order chi connectivity index (χ1) is 14.0. The Labute approximate surface area is 167 Å². The third-order valence-corrected chi connectivity index (χ3v) is 4.44. The van der Waals surface area contributed by atoms with Crippen LogP contribution in [0.2, 0.25) is 0 Å². The quantitative estimate of drug-likeness (QED) is 0.694. The fraction of sp³-hybridized carbons (Fsp3) is 0.286. The van der Waals surface area contributed by atoms with Gasteiger partial charge in [0.15, 0.2) is 17.2 Å². The molecule has 2 N–H and O–H groups in total. The van der Waals surface area contributed by atoms with Crippen LogP contribution in [-0.4, -0.2) is 41.0 Å². The number of carbonyl (C=O) groups is 2. The zero-order chi connectivity index (χ0) is 20.4. The molecule has 3 heterocycles. The van der Waals surface area contributed by atoms with E-state index in [-0.39, 0.29) is 17.4 Å². The highest BCUT2D eigenvalue weighted by Gasteiger charge is 2.22. The van der Waals surface area contributed by atoms with E-state index in [0.717, 1.165) is 0 Å². The third-order valence-electron chi connectivity index (χ3n) is 4.44. The summed E-state index contributed by atoms with van der Waals surface area (Å²) in [5.74, 6) is 0.933. The molecule has 0 atom stereocenters. The van der Waals surface area contributed by atoms with Crippen molar-refractivity contribution in [2.75, 3.05) is 25.1 Å². The molecule has 2 amide bonds. The summed E-state index contributed by atoms with van der Waals surface area (Å²) in [5, 5.41) is 5.66. The summed E-state index contributed by atoms with van der Waals surface area (Å²) in [6.45, 7) is 5.52. The van der Waals surface area contributed by atoms with E-state index in [1.54, 1.807) is 47.0 Å². The van der Waals surface area contributed by atoms with Gasteiger partial charge in [0, 0.05) is 24.5 Å². The highest BCUT2D eigenvalue weighted by Crippen LogP contribution is 2.32. The topological polar surface area (TPSA) is 94.0 Å². The smallest absolute Gasteiger partial charge is 0.292 e. The zero-order valence-corrected chi connectivity index (χ0v) is 16.3. The number of nitrogens with one attached hydrogen (secondary N) is 2. The predicted octanol–water partition coefficient (Wildman–Crippen LogP) is 2.74. The number of benzene rings is 1. The van der Waals surface area contributed by atoms with Gasteiger partial charge in [-0.2, -0.15) is 0 Å². The highest BCUT2D eigenvalue weighted by molar-refractivity contribution is 6.06. The zero-order valence-electron chi connectivity index (χ0n) is 16.3. The number of hydrogen-bond acceptors (Lipinski definition) is 5. The number of carbonyl (C=O) groups excluding carboxylic acids is 2. The first kappa shape index (κ1) is 18.8. The monoisotopic (exact) mass is 394 g/mol. The van der Waals surface area contributed by atoms with E-state index in [9.17, 15) is 9.59 Å². The maximum absolute atomic E-state index is 12.9. The lowest BCUT2D eigenvalue weighted by Crippen LogP contribution is -2.27. The molecule has 0 unspecified atom stereocenters. The van der Waals surface area contributed by atoms with E-state index in [4.69, 9.17) is 9.47 Å². The van der Waals surface area contributed by atoms with Gasteiger partial charge in [-0.1, -0.05) is 19.9 Å². The summed E-state index contributed by atoms with van der Waals surface area (Å²) in [7, 11) is 0. The Bertz CT molecular complexity index is 1070. The van der Waals surface area contributed by atoms with Crippen LogP contribution in [-0.2, 0) is 0 Å². The van der Waals surface area contributed by atoms with Gasteiger partial charge in [-0.3, -0.25) is 14.0 Å². The molecule has 8 heteroatoms. The molecular formula is C21H22N4O4. The van der Waals surface area contributed by atoms with Crippen LogP contribution in [0, 0.1) is 5.92 Å². The lowest BCUT2D eigenvalue weighted by molar-refractivity contribution is 0.0946. The predicted molar refractivity (Wildman–Crippen MR) is 108 cm³/mol. The van der Waals surface area contributed by atoms with E-state index < -0.39 is 5.91 Å². The number of pyridine rings is 1. The van der Waals surface area contributed by atoms with Gasteiger partial charge in [0.2, 0.25) is 5.82 Å². The van der Waals surface area contributed by atoms with Gasteiger partial charge < -0.3 is 20.1 Å². The Morgan fingerprint density at radius 3 is 2.69 bits per heavy atom. The summed E-state index contributed by atoms with van der Waals surface area (Å²) >= 11 is 0. The van der Waals surface area contributed by atoms with Crippen LogP contribution in [0.4, 0.5) is 5.69 Å². The Morgan fingerprint density at radius 1 is 1.10 bits per heavy atom. The number of rotatable bonds is 5. The maximum atomic E-state index is 12.9. The van der Waals surface area contributed by atoms with Crippen LogP contribution in [0.5, 0.6) is 11.5 Å². The molecule has 1 aromatic carbocycles. The van der Waals surface area contributed by atoms with Crippen molar-refractivity contribution in [1.82, 2.24) is 14.7 Å². The van der Waals surface area contributed by atoms with E-state index in [1.165, 1.54) is 0 Å². The molecule has 0 saturated heterocycles. The van der Waals surface area contributed by atoms with E-state index in [1.807, 2.05) is 13.8 Å². The molecule has 0 aliphatic carbocycles. The van der Waals surface area contributed by atoms with Crippen LogP contribution in [0.15, 0.2) is 42.6 Å². The number of amides is 2. The molecule has 8 nitrogen and oxygen atoms in total. The summed E-state index contributed by atoms with van der Waals surface area (Å²) in [5.41, 5.74) is 1.34. The fourth-order valence-corrected chi connectivity index (χ4v) is 3.05. The number of aromatic nitrogens is 2. The van der Waals surface area contributed by atoms with Crippen molar-refractivity contribution < 1.29 is 19.1 Å². The SMILES string of the molecule is CC(C)CNC(=O)c1nc(C(=O)Nc2ccc3c(c2)OCCO3)n2ccccc12. The van der Waals surface area contributed by atoms with Crippen LogP contribution in [0.25, 0.3) is 5.52 Å². The van der Waals surface area contributed by atoms with Crippen molar-refractivity contribution in [1.29, 1.82) is 0 Å². The number of anilines is 1. The third kappa shape index (κ3) is 3.87. The number of ether oxygens (including phenoxy) is 2. The molecule has 4 rings (SSSR count). The van der Waals surface area contributed by atoms with Gasteiger partial charge in [0.05, 0.1) is 5.52 Å². The van der Waals surface area contributed by atoms with Gasteiger partial charge >= 0.3 is 0 Å². The van der Waals surface area contributed by atoms with E-state index >= 15 is 0 Å². The summed E-state index contributed by atoms with van der Waals surface area (Å²) < 4.78 is 12.7. The first-order valence-electron chi connectivity index (χ1n) is 9.49. The summed E-state index contributed by atoms with van der Waals surface area (Å²) in [6.07, 6.45) is 1.71. The highest BCUT2D eigenvalue weighted by atomic mass is 16.6. The lowest BCUT2D eigenvalue weighted by atomic mass is 10.2. The van der Waals surface area contributed by atoms with Crippen molar-refractivity contribution in [2.45, 2.75) is 13.8 Å². The minimum atomic E-state index is -0.425. The second-order valence-corrected chi connectivity index (χ2v) is 7.16. The number of imidazole rings is 1. The summed E-state index contributed by atoms with van der Waals surface area (Å²) in [6, 6.07) is 10.5. The van der Waals surface area contributed by atoms with Crippen molar-refractivity contribution >= 4 is 23.0 Å². The van der Waals surface area contributed by atoms with E-state index in [2.05, 4.69) is 15.6 Å². The Kier molecular flexibility index (Phi) is 5.07. The molecular weight excluding hydrogens is 372 g/mol. The summed E-state index contributed by atoms with van der Waals surface area (Å²) in [4.78, 5) is 29.8. The van der Waals surface area contributed by atoms with Crippen molar-refractivity contribution in [2.24, 2.45) is 5.92 Å². The van der Waals surface area contributed by atoms with Gasteiger partial charge in [-0.05, 0) is 30.2 Å². The Morgan fingerprint density at radius 2 is 1.90 bits per heavy atom. The maximum Gasteiger partial charge on any atom is 0.292 e. The molecule has 0 radical (unpaired) electrons. The van der Waals surface area contributed by atoms with Gasteiger partial charge in [-0.15, -0.1) is 0 Å². The number of fused-ring (bicyclic) bond motifs is 2. The Balaban J connectivity index is 1.61. The second-order valence-electron chi connectivity index (χ2n) is 7.16. The van der Waals surface area contributed by atoms with Crippen LogP contribution < -0.4 is 20.1 Å². The first-order valence-corrected chi connectivity index (χ1v) is 9.49. The molecule has 0 spiro atoms. The fourth-order valence-electron chi connectivity index (χ4n) is 3.05. The van der Waals surface area contributed by atoms with Crippen molar-refractivity contribution in [3.63, 3.8) is 0 Å². The average molecular weight is 394 g/mol. The normalized spacial score (nSPS) is 12.8. The lowest BCUT2D eigenvalue weighted by Gasteiger charge is -2.18. The molecule has 1 aliphatic heterocycles. The van der Waals surface area contributed by atoms with Gasteiger partial charge in [0.1, 0.15) is 13.2 Å². The molecule has 150 valence electrons. The van der Waals surface area contributed by atoms with Gasteiger partial charge in [-0.25, -0.2) is 4.98 Å². The molecule has 1 aliphatic rings. The molecule has 29 heavy (non-hydrogen) atoms. The standard InChI is InChI=1S/C21H22N4O4/c1-13(2)12-22-20(26)18-15-5-3-4-8-25(15)19(24-18)21(27)23-14-6-7-16-17(11-14)29-10-9-28-16/h3-8,11,13H,9-10,12H2,1-2H3,(H,22,26)(H,23,27). The second kappa shape index (κ2) is 7.83.